The van der Waals surface area contributed by atoms with Crippen molar-refractivity contribution in [2.24, 2.45) is 0 Å². The predicted octanol–water partition coefficient (Wildman–Crippen LogP) is 6.89. The van der Waals surface area contributed by atoms with Crippen molar-refractivity contribution in [2.45, 2.75) is 0 Å². The standard InChI is InChI=1S/C30H19ClN4O2S2/c31-25-13-7-6-12-24(25)28(36)33-35-29(37)26(39-30(35)38)17-22-18-34(23-10-2-1-3-11-23)32-27(22)21-15-14-19-8-4-5-9-20(19)16-21/h1-18H,(H,33,36). The van der Waals surface area contributed by atoms with Gasteiger partial charge in [-0.25, -0.2) is 4.68 Å². The molecule has 1 fully saturated rings. The summed E-state index contributed by atoms with van der Waals surface area (Å²) in [4.78, 5) is 26.5. The van der Waals surface area contributed by atoms with E-state index in [9.17, 15) is 9.59 Å². The van der Waals surface area contributed by atoms with E-state index in [1.807, 2.05) is 54.7 Å². The molecule has 4 aromatic carbocycles. The number of carbonyl (C=O) groups is 2. The Balaban J connectivity index is 1.37. The highest BCUT2D eigenvalue weighted by atomic mass is 35.5. The first-order valence-electron chi connectivity index (χ1n) is 12.0. The van der Waals surface area contributed by atoms with Gasteiger partial charge in [-0.1, -0.05) is 90.1 Å². The van der Waals surface area contributed by atoms with Crippen LogP contribution in [0.5, 0.6) is 0 Å². The molecule has 1 aliphatic rings. The summed E-state index contributed by atoms with van der Waals surface area (Å²) in [5.74, 6) is -0.950. The zero-order chi connectivity index (χ0) is 26.9. The molecule has 0 aliphatic carbocycles. The Morgan fingerprint density at radius 2 is 1.64 bits per heavy atom. The number of aromatic nitrogens is 2. The second kappa shape index (κ2) is 10.5. The third-order valence-corrected chi connectivity index (χ3v) is 7.83. The van der Waals surface area contributed by atoms with Crippen molar-refractivity contribution < 1.29 is 9.59 Å². The third-order valence-electron chi connectivity index (χ3n) is 6.20. The topological polar surface area (TPSA) is 67.2 Å². The Kier molecular flexibility index (Phi) is 6.74. The minimum Gasteiger partial charge on any atom is -0.267 e. The van der Waals surface area contributed by atoms with Gasteiger partial charge >= 0.3 is 0 Å². The highest BCUT2D eigenvalue weighted by molar-refractivity contribution is 8.26. The fourth-order valence-corrected chi connectivity index (χ4v) is 5.67. The molecule has 0 bridgehead atoms. The third kappa shape index (κ3) is 4.97. The van der Waals surface area contributed by atoms with Crippen molar-refractivity contribution in [3.63, 3.8) is 0 Å². The lowest BCUT2D eigenvalue weighted by atomic mass is 10.0. The summed E-state index contributed by atoms with van der Waals surface area (Å²) >= 11 is 12.7. The van der Waals surface area contributed by atoms with Gasteiger partial charge in [0, 0.05) is 17.3 Å². The average molecular weight is 567 g/mol. The number of fused-ring (bicyclic) bond motifs is 1. The minimum atomic E-state index is -0.521. The number of nitrogens with one attached hydrogen (secondary N) is 1. The van der Waals surface area contributed by atoms with Crippen LogP contribution >= 0.6 is 35.6 Å². The summed E-state index contributed by atoms with van der Waals surface area (Å²) in [6.45, 7) is 0. The van der Waals surface area contributed by atoms with Crippen LogP contribution in [-0.2, 0) is 4.79 Å². The summed E-state index contributed by atoms with van der Waals surface area (Å²) < 4.78 is 2.00. The second-order valence-electron chi connectivity index (χ2n) is 8.71. The van der Waals surface area contributed by atoms with Gasteiger partial charge in [0.25, 0.3) is 11.8 Å². The number of carbonyl (C=O) groups excluding carboxylic acids is 2. The Hall–Kier alpha value is -4.24. The summed E-state index contributed by atoms with van der Waals surface area (Å²) in [6, 6.07) is 30.7. The van der Waals surface area contributed by atoms with Crippen molar-refractivity contribution in [3.05, 3.63) is 124 Å². The summed E-state index contributed by atoms with van der Waals surface area (Å²) in [5, 5.41) is 8.45. The highest BCUT2D eigenvalue weighted by Crippen LogP contribution is 2.35. The number of para-hydroxylation sites is 1. The Morgan fingerprint density at radius 1 is 0.923 bits per heavy atom. The number of benzene rings is 4. The number of hydrazine groups is 1. The lowest BCUT2D eigenvalue weighted by Crippen LogP contribution is -2.44. The van der Waals surface area contributed by atoms with Crippen LogP contribution in [-0.4, -0.2) is 30.9 Å². The first kappa shape index (κ1) is 25.1. The number of nitrogens with zero attached hydrogens (tertiary/aromatic N) is 3. The van der Waals surface area contributed by atoms with Crippen molar-refractivity contribution >= 4 is 68.6 Å². The molecule has 9 heteroatoms. The van der Waals surface area contributed by atoms with Crippen LogP contribution in [0.25, 0.3) is 33.8 Å². The quantitative estimate of drug-likeness (QED) is 0.185. The molecular weight excluding hydrogens is 548 g/mol. The van der Waals surface area contributed by atoms with E-state index in [1.165, 1.54) is 0 Å². The summed E-state index contributed by atoms with van der Waals surface area (Å²) in [6.07, 6.45) is 3.65. The molecule has 6 rings (SSSR count). The second-order valence-corrected chi connectivity index (χ2v) is 10.8. The fraction of sp³-hybridized carbons (Fsp3) is 0. The van der Waals surface area contributed by atoms with E-state index < -0.39 is 11.8 Å². The van der Waals surface area contributed by atoms with E-state index in [0.717, 1.165) is 50.1 Å². The zero-order valence-electron chi connectivity index (χ0n) is 20.2. The van der Waals surface area contributed by atoms with Crippen molar-refractivity contribution in [1.82, 2.24) is 20.2 Å². The predicted molar refractivity (Wildman–Crippen MR) is 160 cm³/mol. The molecule has 1 saturated heterocycles. The number of thiocarbonyl (C=S) groups is 1. The van der Waals surface area contributed by atoms with Crippen LogP contribution in [0.4, 0.5) is 0 Å². The first-order chi connectivity index (χ1) is 19.0. The molecule has 1 N–H and O–H groups in total. The Labute approximate surface area is 238 Å². The van der Waals surface area contributed by atoms with E-state index in [0.29, 0.717) is 4.91 Å². The van der Waals surface area contributed by atoms with Crippen molar-refractivity contribution in [1.29, 1.82) is 0 Å². The molecule has 0 atom stereocenters. The minimum absolute atomic E-state index is 0.217. The van der Waals surface area contributed by atoms with E-state index in [1.54, 1.807) is 35.0 Å². The maximum Gasteiger partial charge on any atom is 0.285 e. The number of halogens is 1. The van der Waals surface area contributed by atoms with Crippen LogP contribution in [0.3, 0.4) is 0 Å². The molecule has 1 aliphatic heterocycles. The van der Waals surface area contributed by atoms with Gasteiger partial charge in [-0.05, 0) is 59.4 Å². The largest absolute Gasteiger partial charge is 0.285 e. The molecule has 1 aromatic heterocycles. The van der Waals surface area contributed by atoms with Crippen LogP contribution < -0.4 is 5.43 Å². The number of hydrogen-bond donors (Lipinski definition) is 1. The molecule has 0 radical (unpaired) electrons. The molecule has 5 aromatic rings. The van der Waals surface area contributed by atoms with Gasteiger partial charge in [0.2, 0.25) is 0 Å². The molecule has 6 nitrogen and oxygen atoms in total. The van der Waals surface area contributed by atoms with Crippen molar-refractivity contribution in [3.8, 4) is 16.9 Å². The van der Waals surface area contributed by atoms with Gasteiger partial charge < -0.3 is 0 Å². The van der Waals surface area contributed by atoms with Gasteiger partial charge in [0.15, 0.2) is 4.32 Å². The summed E-state index contributed by atoms with van der Waals surface area (Å²) in [5.41, 5.74) is 6.10. The van der Waals surface area contributed by atoms with Gasteiger partial charge in [-0.3, -0.25) is 15.0 Å². The van der Waals surface area contributed by atoms with E-state index in [4.69, 9.17) is 28.9 Å². The summed E-state index contributed by atoms with van der Waals surface area (Å²) in [7, 11) is 0. The molecule has 2 heterocycles. The molecule has 2 amide bonds. The smallest absolute Gasteiger partial charge is 0.267 e. The van der Waals surface area contributed by atoms with Crippen LogP contribution in [0.15, 0.2) is 108 Å². The average Bonchev–Trinajstić information content (AvgIpc) is 3.50. The maximum absolute atomic E-state index is 13.3. The Bertz CT molecular complexity index is 1800. The maximum atomic E-state index is 13.3. The highest BCUT2D eigenvalue weighted by Gasteiger charge is 2.34. The first-order valence-corrected chi connectivity index (χ1v) is 13.6. The van der Waals surface area contributed by atoms with Crippen molar-refractivity contribution in [2.75, 3.05) is 0 Å². The van der Waals surface area contributed by atoms with Crippen LogP contribution in [0.2, 0.25) is 5.02 Å². The SMILES string of the molecule is O=C(NN1C(=O)C(=Cc2cn(-c3ccccc3)nc2-c2ccc3ccccc3c2)SC1=S)c1ccccc1Cl. The Morgan fingerprint density at radius 3 is 2.44 bits per heavy atom. The van der Waals surface area contributed by atoms with Gasteiger partial charge in [-0.15, -0.1) is 0 Å². The molecule has 0 saturated carbocycles. The zero-order valence-corrected chi connectivity index (χ0v) is 22.6. The molecular formula is C30H19ClN4O2S2. The fourth-order valence-electron chi connectivity index (χ4n) is 4.28. The monoisotopic (exact) mass is 566 g/mol. The lowest BCUT2D eigenvalue weighted by Gasteiger charge is -2.16. The number of thioether (sulfide) groups is 1. The number of hydrogen-bond acceptors (Lipinski definition) is 5. The van der Waals surface area contributed by atoms with Gasteiger partial charge in [0.05, 0.1) is 21.2 Å². The molecule has 39 heavy (non-hydrogen) atoms. The van der Waals surface area contributed by atoms with Crippen LogP contribution in [0.1, 0.15) is 15.9 Å². The van der Waals surface area contributed by atoms with E-state index in [2.05, 4.69) is 29.7 Å². The molecule has 0 spiro atoms. The molecule has 0 unspecified atom stereocenters. The van der Waals surface area contributed by atoms with E-state index in [-0.39, 0.29) is 14.9 Å². The van der Waals surface area contributed by atoms with Gasteiger partial charge in [0.1, 0.15) is 5.69 Å². The van der Waals surface area contributed by atoms with Gasteiger partial charge in [-0.2, -0.15) is 10.1 Å². The molecule has 190 valence electrons. The van der Waals surface area contributed by atoms with Crippen LogP contribution in [0, 0.1) is 0 Å². The number of amides is 2. The van der Waals surface area contributed by atoms with E-state index >= 15 is 0 Å². The number of rotatable bonds is 5. The normalized spacial score (nSPS) is 14.4. The lowest BCUT2D eigenvalue weighted by molar-refractivity contribution is -0.123.